The Balaban J connectivity index is 1.81. The zero-order valence-electron chi connectivity index (χ0n) is 12.5. The number of nitrogens with one attached hydrogen (secondary N) is 1. The number of hydrogen-bond donors (Lipinski definition) is 2. The minimum atomic E-state index is -1.02. The molecule has 2 aromatic carbocycles. The van der Waals surface area contributed by atoms with Gasteiger partial charge in [-0.15, -0.1) is 0 Å². The van der Waals surface area contributed by atoms with E-state index < -0.39 is 17.9 Å². The van der Waals surface area contributed by atoms with Crippen LogP contribution < -0.4 is 14.8 Å². The van der Waals surface area contributed by atoms with Crippen molar-refractivity contribution in [1.82, 2.24) is 5.32 Å². The summed E-state index contributed by atoms with van der Waals surface area (Å²) in [6, 6.07) is 10.9. The Bertz CT molecular complexity index is 792. The van der Waals surface area contributed by atoms with E-state index in [1.165, 1.54) is 0 Å². The highest BCUT2D eigenvalue weighted by molar-refractivity contribution is 6.30. The van der Waals surface area contributed by atoms with E-state index in [-0.39, 0.29) is 13.2 Å². The molecule has 0 radical (unpaired) electrons. The van der Waals surface area contributed by atoms with Gasteiger partial charge in [-0.05, 0) is 35.9 Å². The van der Waals surface area contributed by atoms with Crippen LogP contribution in [-0.4, -0.2) is 23.8 Å². The van der Waals surface area contributed by atoms with Crippen LogP contribution in [0.2, 0.25) is 5.02 Å². The number of fused-ring (bicyclic) bond motifs is 1. The number of benzene rings is 2. The van der Waals surface area contributed by atoms with Gasteiger partial charge in [0.25, 0.3) is 5.91 Å². The molecule has 124 valence electrons. The summed E-state index contributed by atoms with van der Waals surface area (Å²) in [5.74, 6) is -0.367. The molecule has 1 atom stereocenters. The topological polar surface area (TPSA) is 84.9 Å². The van der Waals surface area contributed by atoms with Gasteiger partial charge in [0.2, 0.25) is 6.79 Å². The summed E-state index contributed by atoms with van der Waals surface area (Å²) in [6.45, 7) is 0.116. The zero-order valence-corrected chi connectivity index (χ0v) is 13.2. The van der Waals surface area contributed by atoms with Gasteiger partial charge < -0.3 is 19.9 Å². The van der Waals surface area contributed by atoms with Crippen LogP contribution in [0.25, 0.3) is 0 Å². The molecular formula is C17H14ClNO5. The van der Waals surface area contributed by atoms with Gasteiger partial charge in [0.05, 0.1) is 12.5 Å². The lowest BCUT2D eigenvalue weighted by atomic mass is 10.0. The van der Waals surface area contributed by atoms with Gasteiger partial charge in [-0.2, -0.15) is 0 Å². The van der Waals surface area contributed by atoms with Gasteiger partial charge >= 0.3 is 5.97 Å². The Morgan fingerprint density at radius 2 is 1.96 bits per heavy atom. The maximum atomic E-state index is 12.5. The normalized spacial score (nSPS) is 13.4. The molecule has 0 spiro atoms. The number of hydrogen-bond acceptors (Lipinski definition) is 4. The van der Waals surface area contributed by atoms with E-state index in [0.29, 0.717) is 27.6 Å². The largest absolute Gasteiger partial charge is 0.481 e. The van der Waals surface area contributed by atoms with Crippen molar-refractivity contribution in [3.63, 3.8) is 0 Å². The van der Waals surface area contributed by atoms with Gasteiger partial charge in [-0.1, -0.05) is 23.7 Å². The lowest BCUT2D eigenvalue weighted by Gasteiger charge is -2.18. The molecule has 0 aromatic heterocycles. The number of ether oxygens (including phenoxy) is 2. The Labute approximate surface area is 143 Å². The second kappa shape index (κ2) is 6.80. The fourth-order valence-electron chi connectivity index (χ4n) is 2.43. The molecule has 1 aliphatic rings. The molecule has 3 rings (SSSR count). The third-order valence-electron chi connectivity index (χ3n) is 3.57. The third-order valence-corrected chi connectivity index (χ3v) is 3.80. The summed E-state index contributed by atoms with van der Waals surface area (Å²) in [7, 11) is 0. The van der Waals surface area contributed by atoms with Crippen LogP contribution in [0, 0.1) is 0 Å². The van der Waals surface area contributed by atoms with Crippen LogP contribution in [0.3, 0.4) is 0 Å². The van der Waals surface area contributed by atoms with E-state index in [4.69, 9.17) is 26.2 Å². The van der Waals surface area contributed by atoms with E-state index in [9.17, 15) is 9.59 Å². The van der Waals surface area contributed by atoms with Crippen molar-refractivity contribution in [2.24, 2.45) is 0 Å². The molecule has 0 saturated carbocycles. The van der Waals surface area contributed by atoms with E-state index in [1.54, 1.807) is 42.5 Å². The van der Waals surface area contributed by atoms with Crippen LogP contribution in [0.4, 0.5) is 0 Å². The highest BCUT2D eigenvalue weighted by Gasteiger charge is 2.21. The first-order valence-electron chi connectivity index (χ1n) is 7.20. The maximum Gasteiger partial charge on any atom is 0.305 e. The molecule has 0 saturated heterocycles. The first-order chi connectivity index (χ1) is 11.5. The first kappa shape index (κ1) is 16.1. The Morgan fingerprint density at radius 1 is 1.17 bits per heavy atom. The van der Waals surface area contributed by atoms with Crippen LogP contribution in [0.1, 0.15) is 28.4 Å². The van der Waals surface area contributed by atoms with Crippen molar-refractivity contribution < 1.29 is 24.2 Å². The molecule has 1 heterocycles. The van der Waals surface area contributed by atoms with Crippen LogP contribution in [-0.2, 0) is 4.79 Å². The van der Waals surface area contributed by atoms with Crippen LogP contribution in [0.15, 0.2) is 42.5 Å². The van der Waals surface area contributed by atoms with Crippen molar-refractivity contribution in [3.05, 3.63) is 58.6 Å². The van der Waals surface area contributed by atoms with Gasteiger partial charge in [0, 0.05) is 10.6 Å². The molecule has 1 unspecified atom stereocenters. The highest BCUT2D eigenvalue weighted by Crippen LogP contribution is 2.32. The van der Waals surface area contributed by atoms with Crippen molar-refractivity contribution in [1.29, 1.82) is 0 Å². The van der Waals surface area contributed by atoms with Gasteiger partial charge in [-0.3, -0.25) is 9.59 Å². The van der Waals surface area contributed by atoms with E-state index in [2.05, 4.69) is 5.32 Å². The fraction of sp³-hybridized carbons (Fsp3) is 0.176. The number of carbonyl (C=O) groups excluding carboxylic acids is 1. The summed E-state index contributed by atoms with van der Waals surface area (Å²) < 4.78 is 10.4. The summed E-state index contributed by atoms with van der Waals surface area (Å²) in [6.07, 6.45) is -0.253. The highest BCUT2D eigenvalue weighted by atomic mass is 35.5. The van der Waals surface area contributed by atoms with Crippen molar-refractivity contribution in [2.75, 3.05) is 6.79 Å². The van der Waals surface area contributed by atoms with E-state index in [0.717, 1.165) is 0 Å². The number of aliphatic carboxylic acids is 1. The predicted octanol–water partition coefficient (Wildman–Crippen LogP) is 3.01. The van der Waals surface area contributed by atoms with Gasteiger partial charge in [0.15, 0.2) is 11.5 Å². The first-order valence-corrected chi connectivity index (χ1v) is 7.58. The Hall–Kier alpha value is -2.73. The molecule has 0 aliphatic carbocycles. The second-order valence-electron chi connectivity index (χ2n) is 5.25. The summed E-state index contributed by atoms with van der Waals surface area (Å²) in [4.78, 5) is 23.6. The standard InChI is InChI=1S/C17H14ClNO5/c18-12-3-1-2-10(6-12)13(8-16(20)21)19-17(22)11-4-5-14-15(7-11)24-9-23-14/h1-7,13H,8-9H2,(H,19,22)(H,20,21). The smallest absolute Gasteiger partial charge is 0.305 e. The molecular weight excluding hydrogens is 334 g/mol. The number of amides is 1. The molecule has 0 bridgehead atoms. The van der Waals surface area contributed by atoms with Crippen molar-refractivity contribution in [3.8, 4) is 11.5 Å². The molecule has 2 aromatic rings. The quantitative estimate of drug-likeness (QED) is 0.868. The molecule has 0 fully saturated rings. The molecule has 1 aliphatic heterocycles. The molecule has 24 heavy (non-hydrogen) atoms. The molecule has 2 N–H and O–H groups in total. The molecule has 7 heteroatoms. The van der Waals surface area contributed by atoms with Crippen LogP contribution in [0.5, 0.6) is 11.5 Å². The van der Waals surface area contributed by atoms with E-state index >= 15 is 0 Å². The average Bonchev–Trinajstić information content (AvgIpc) is 3.01. The number of rotatable bonds is 5. The summed E-state index contributed by atoms with van der Waals surface area (Å²) >= 11 is 5.95. The fourth-order valence-corrected chi connectivity index (χ4v) is 2.63. The summed E-state index contributed by atoms with van der Waals surface area (Å²) in [5, 5.41) is 12.3. The number of carboxylic acid groups (broad SMARTS) is 1. The second-order valence-corrected chi connectivity index (χ2v) is 5.68. The minimum absolute atomic E-state index is 0.116. The molecule has 1 amide bonds. The van der Waals surface area contributed by atoms with Gasteiger partial charge in [0.1, 0.15) is 0 Å². The molecule has 6 nitrogen and oxygen atoms in total. The lowest BCUT2D eigenvalue weighted by molar-refractivity contribution is -0.137. The predicted molar refractivity (Wildman–Crippen MR) is 86.5 cm³/mol. The zero-order chi connectivity index (χ0) is 17.1. The summed E-state index contributed by atoms with van der Waals surface area (Å²) in [5.41, 5.74) is 0.982. The SMILES string of the molecule is O=C(O)CC(NC(=O)c1ccc2c(c1)OCO2)c1cccc(Cl)c1. The average molecular weight is 348 g/mol. The Morgan fingerprint density at radius 3 is 2.71 bits per heavy atom. The lowest BCUT2D eigenvalue weighted by Crippen LogP contribution is -2.30. The van der Waals surface area contributed by atoms with E-state index in [1.807, 2.05) is 0 Å². The number of carbonyl (C=O) groups is 2. The minimum Gasteiger partial charge on any atom is -0.481 e. The van der Waals surface area contributed by atoms with Gasteiger partial charge in [-0.25, -0.2) is 0 Å². The number of carboxylic acids is 1. The van der Waals surface area contributed by atoms with Crippen molar-refractivity contribution in [2.45, 2.75) is 12.5 Å². The van der Waals surface area contributed by atoms with Crippen LogP contribution >= 0.6 is 11.6 Å². The van der Waals surface area contributed by atoms with Crippen molar-refractivity contribution >= 4 is 23.5 Å². The maximum absolute atomic E-state index is 12.5. The third kappa shape index (κ3) is 3.60. The Kier molecular flexibility index (Phi) is 4.57. The number of halogens is 1. The monoisotopic (exact) mass is 347 g/mol.